The lowest BCUT2D eigenvalue weighted by atomic mass is 10.2. The van der Waals surface area contributed by atoms with Crippen LogP contribution in [0.15, 0.2) is 17.1 Å². The second-order valence-corrected chi connectivity index (χ2v) is 4.23. The Labute approximate surface area is 106 Å². The molecule has 16 heavy (non-hydrogen) atoms. The van der Waals surface area contributed by atoms with Gasteiger partial charge in [0.25, 0.3) is 0 Å². The molecule has 0 radical (unpaired) electrons. The van der Waals surface area contributed by atoms with E-state index in [-0.39, 0.29) is 0 Å². The zero-order valence-electron chi connectivity index (χ0n) is 9.35. The van der Waals surface area contributed by atoms with Gasteiger partial charge in [-0.25, -0.2) is 0 Å². The highest BCUT2D eigenvalue weighted by molar-refractivity contribution is 6.40. The highest BCUT2D eigenvalue weighted by atomic mass is 35.5. The second-order valence-electron chi connectivity index (χ2n) is 3.45. The number of nitrogens with zero attached hydrogens (tertiary/aromatic N) is 1. The van der Waals surface area contributed by atoms with Gasteiger partial charge in [-0.05, 0) is 25.0 Å². The molecule has 0 spiro atoms. The molecule has 0 aromatic heterocycles. The van der Waals surface area contributed by atoms with E-state index in [1.54, 1.807) is 6.07 Å². The van der Waals surface area contributed by atoms with E-state index in [9.17, 15) is 0 Å². The third-order valence-corrected chi connectivity index (χ3v) is 2.85. The van der Waals surface area contributed by atoms with Gasteiger partial charge in [-0.3, -0.25) is 4.99 Å². The average Bonchev–Trinajstić information content (AvgIpc) is 2.27. The van der Waals surface area contributed by atoms with Crippen LogP contribution in [0.4, 0.5) is 5.69 Å². The van der Waals surface area contributed by atoms with Crippen LogP contribution in [0.25, 0.3) is 0 Å². The molecule has 0 saturated heterocycles. The summed E-state index contributed by atoms with van der Waals surface area (Å²) in [4.78, 5) is 4.12. The normalized spacial score (nSPS) is 11.6. The van der Waals surface area contributed by atoms with E-state index in [4.69, 9.17) is 28.9 Å². The molecule has 0 atom stereocenters. The van der Waals surface area contributed by atoms with Gasteiger partial charge < -0.3 is 11.1 Å². The summed E-state index contributed by atoms with van der Waals surface area (Å²) in [6.07, 6.45) is 0.942. The lowest BCUT2D eigenvalue weighted by Crippen LogP contribution is -2.23. The van der Waals surface area contributed by atoms with E-state index in [2.05, 4.69) is 10.3 Å². The number of guanidine groups is 1. The number of nitrogens with two attached hydrogens (primary N) is 1. The molecule has 0 saturated carbocycles. The van der Waals surface area contributed by atoms with Crippen LogP contribution in [-0.2, 0) is 0 Å². The third-order valence-electron chi connectivity index (χ3n) is 2.04. The fraction of sp³-hybridized carbons (Fsp3) is 0.364. The van der Waals surface area contributed by atoms with Crippen molar-refractivity contribution in [3.05, 3.63) is 27.7 Å². The highest BCUT2D eigenvalue weighted by Gasteiger charge is 2.08. The fourth-order valence-corrected chi connectivity index (χ4v) is 1.64. The van der Waals surface area contributed by atoms with Crippen molar-refractivity contribution in [3.8, 4) is 0 Å². The Morgan fingerprint density at radius 2 is 2.12 bits per heavy atom. The quantitative estimate of drug-likeness (QED) is 0.646. The van der Waals surface area contributed by atoms with E-state index in [0.29, 0.717) is 28.2 Å². The van der Waals surface area contributed by atoms with Gasteiger partial charge >= 0.3 is 0 Å². The molecule has 88 valence electrons. The molecule has 3 nitrogen and oxygen atoms in total. The first-order valence-corrected chi connectivity index (χ1v) is 5.83. The minimum Gasteiger partial charge on any atom is -0.370 e. The molecule has 0 fully saturated rings. The predicted octanol–water partition coefficient (Wildman–Crippen LogP) is 3.44. The maximum absolute atomic E-state index is 6.12. The van der Waals surface area contributed by atoms with E-state index in [1.807, 2.05) is 19.9 Å². The molecule has 1 aromatic carbocycles. The second kappa shape index (κ2) is 5.97. The number of anilines is 1. The van der Waals surface area contributed by atoms with Gasteiger partial charge in [-0.1, -0.05) is 36.2 Å². The van der Waals surface area contributed by atoms with Gasteiger partial charge in [-0.2, -0.15) is 0 Å². The lowest BCUT2D eigenvalue weighted by molar-refractivity contribution is 0.929. The predicted molar refractivity (Wildman–Crippen MR) is 71.6 cm³/mol. The van der Waals surface area contributed by atoms with Crippen molar-refractivity contribution in [1.82, 2.24) is 0 Å². The molecule has 1 rings (SSSR count). The third kappa shape index (κ3) is 3.29. The highest BCUT2D eigenvalue weighted by Crippen LogP contribution is 2.32. The molecule has 1 aromatic rings. The number of nitrogens with one attached hydrogen (secondary N) is 1. The fourth-order valence-electron chi connectivity index (χ4n) is 1.17. The number of rotatable bonds is 3. The maximum atomic E-state index is 6.12. The van der Waals surface area contributed by atoms with Crippen molar-refractivity contribution >= 4 is 34.8 Å². The van der Waals surface area contributed by atoms with Gasteiger partial charge in [0.1, 0.15) is 0 Å². The topological polar surface area (TPSA) is 50.4 Å². The lowest BCUT2D eigenvalue weighted by Gasteiger charge is -2.11. The van der Waals surface area contributed by atoms with Crippen LogP contribution in [0.1, 0.15) is 18.9 Å². The Morgan fingerprint density at radius 3 is 2.75 bits per heavy atom. The molecular weight excluding hydrogens is 245 g/mol. The van der Waals surface area contributed by atoms with Gasteiger partial charge in [0.15, 0.2) is 5.96 Å². The van der Waals surface area contributed by atoms with Crippen LogP contribution < -0.4 is 11.1 Å². The Morgan fingerprint density at radius 1 is 1.44 bits per heavy atom. The van der Waals surface area contributed by atoms with Crippen LogP contribution in [0.2, 0.25) is 10.0 Å². The van der Waals surface area contributed by atoms with Gasteiger partial charge in [0.05, 0.1) is 15.7 Å². The molecule has 0 heterocycles. The Hall–Kier alpha value is -0.930. The minimum absolute atomic E-state index is 0.330. The first kappa shape index (κ1) is 13.1. The van der Waals surface area contributed by atoms with Gasteiger partial charge in [0.2, 0.25) is 0 Å². The minimum atomic E-state index is 0.330. The largest absolute Gasteiger partial charge is 0.370 e. The number of hydrogen-bond donors (Lipinski definition) is 2. The van der Waals surface area contributed by atoms with Crippen molar-refractivity contribution in [2.24, 2.45) is 10.7 Å². The first-order chi connectivity index (χ1) is 7.56. The molecule has 0 unspecified atom stereocenters. The van der Waals surface area contributed by atoms with Crippen LogP contribution in [-0.4, -0.2) is 12.5 Å². The molecule has 0 aliphatic carbocycles. The Balaban J connectivity index is 2.92. The zero-order valence-corrected chi connectivity index (χ0v) is 10.9. The van der Waals surface area contributed by atoms with Crippen LogP contribution >= 0.6 is 23.2 Å². The summed E-state index contributed by atoms with van der Waals surface area (Å²) in [6, 6.07) is 3.63. The van der Waals surface area contributed by atoms with Crippen LogP contribution in [0.3, 0.4) is 0 Å². The number of benzene rings is 1. The van der Waals surface area contributed by atoms with Crippen molar-refractivity contribution < 1.29 is 0 Å². The summed E-state index contributed by atoms with van der Waals surface area (Å²) in [5, 5.41) is 4.02. The summed E-state index contributed by atoms with van der Waals surface area (Å²) in [7, 11) is 0. The molecule has 0 aliphatic heterocycles. The van der Waals surface area contributed by atoms with E-state index in [0.717, 1.165) is 12.0 Å². The van der Waals surface area contributed by atoms with E-state index in [1.165, 1.54) is 0 Å². The smallest absolute Gasteiger partial charge is 0.193 e. The number of aryl methyl sites for hydroxylation is 1. The van der Waals surface area contributed by atoms with E-state index < -0.39 is 0 Å². The standard InChI is InChI=1S/C11H15Cl2N3/c1-3-6-15-11(14)16-10-8(12)5-4-7(2)9(10)13/h4-5H,3,6H2,1-2H3,(H3,14,15,16). The summed E-state index contributed by atoms with van der Waals surface area (Å²) < 4.78 is 0. The molecule has 0 amide bonds. The summed E-state index contributed by atoms with van der Waals surface area (Å²) in [5.74, 6) is 0.330. The van der Waals surface area contributed by atoms with Crippen molar-refractivity contribution in [1.29, 1.82) is 0 Å². The Kier molecular flexibility index (Phi) is 4.90. The van der Waals surface area contributed by atoms with Crippen molar-refractivity contribution in [3.63, 3.8) is 0 Å². The molecule has 3 N–H and O–H groups in total. The Bertz CT molecular complexity index is 402. The molecule has 0 bridgehead atoms. The number of halogens is 2. The molecule has 5 heteroatoms. The zero-order chi connectivity index (χ0) is 12.1. The molecular formula is C11H15Cl2N3. The summed E-state index contributed by atoms with van der Waals surface area (Å²) in [5.41, 5.74) is 7.25. The number of aliphatic imine (C=N–C) groups is 1. The summed E-state index contributed by atoms with van der Waals surface area (Å²) in [6.45, 7) is 4.62. The maximum Gasteiger partial charge on any atom is 0.193 e. The van der Waals surface area contributed by atoms with Crippen molar-refractivity contribution in [2.75, 3.05) is 11.9 Å². The number of hydrogen-bond acceptors (Lipinski definition) is 1. The average molecular weight is 260 g/mol. The first-order valence-electron chi connectivity index (χ1n) is 5.07. The van der Waals surface area contributed by atoms with Crippen LogP contribution in [0, 0.1) is 6.92 Å². The molecule has 0 aliphatic rings. The van der Waals surface area contributed by atoms with Crippen molar-refractivity contribution in [2.45, 2.75) is 20.3 Å². The summed E-state index contributed by atoms with van der Waals surface area (Å²) >= 11 is 12.1. The monoisotopic (exact) mass is 259 g/mol. The van der Waals surface area contributed by atoms with E-state index >= 15 is 0 Å². The van der Waals surface area contributed by atoms with Crippen LogP contribution in [0.5, 0.6) is 0 Å². The SMILES string of the molecule is CCCN=C(N)Nc1c(Cl)ccc(C)c1Cl. The van der Waals surface area contributed by atoms with Gasteiger partial charge in [-0.15, -0.1) is 0 Å². The van der Waals surface area contributed by atoms with Gasteiger partial charge in [0, 0.05) is 6.54 Å².